The van der Waals surface area contributed by atoms with Crippen LogP contribution in [0.5, 0.6) is 11.5 Å². The van der Waals surface area contributed by atoms with Crippen LogP contribution in [-0.2, 0) is 4.79 Å². The highest BCUT2D eigenvalue weighted by molar-refractivity contribution is 8.18. The number of ether oxygens (including phenoxy) is 2. The van der Waals surface area contributed by atoms with Crippen molar-refractivity contribution in [2.75, 3.05) is 13.7 Å². The summed E-state index contributed by atoms with van der Waals surface area (Å²) in [6, 6.07) is 3.10. The van der Waals surface area contributed by atoms with Gasteiger partial charge in [-0.2, -0.15) is 0 Å². The molecule has 1 aliphatic heterocycles. The maximum atomic E-state index is 12.3. The van der Waals surface area contributed by atoms with Gasteiger partial charge in [-0.3, -0.25) is 14.5 Å². The van der Waals surface area contributed by atoms with E-state index in [0.29, 0.717) is 27.0 Å². The Hall–Kier alpha value is -2.10. The molecule has 0 unspecified atom stereocenters. The molecule has 1 aromatic carbocycles. The van der Waals surface area contributed by atoms with E-state index in [1.54, 1.807) is 32.1 Å². The Labute approximate surface area is 149 Å². The minimum absolute atomic E-state index is 0.0582. The van der Waals surface area contributed by atoms with Gasteiger partial charge in [0.25, 0.3) is 11.1 Å². The molecule has 0 saturated carbocycles. The van der Waals surface area contributed by atoms with Crippen LogP contribution in [0.4, 0.5) is 4.79 Å². The van der Waals surface area contributed by atoms with Gasteiger partial charge in [-0.25, -0.2) is 0 Å². The van der Waals surface area contributed by atoms with Crippen molar-refractivity contribution in [3.8, 4) is 23.8 Å². The third-order valence-electron chi connectivity index (χ3n) is 3.19. The number of rotatable bonds is 5. The monoisotopic (exact) mass is 365 g/mol. The summed E-state index contributed by atoms with van der Waals surface area (Å²) in [4.78, 5) is 25.8. The highest BCUT2D eigenvalue weighted by Gasteiger charge is 2.36. The van der Waals surface area contributed by atoms with Gasteiger partial charge in [-0.05, 0) is 49.4 Å². The maximum Gasteiger partial charge on any atom is 0.293 e. The summed E-state index contributed by atoms with van der Waals surface area (Å²) in [7, 11) is 1.48. The highest BCUT2D eigenvalue weighted by Crippen LogP contribution is 2.39. The summed E-state index contributed by atoms with van der Waals surface area (Å²) in [6.07, 6.45) is 6.78. The fourth-order valence-corrected chi connectivity index (χ4v) is 3.39. The van der Waals surface area contributed by atoms with Crippen molar-refractivity contribution in [1.82, 2.24) is 4.90 Å². The molecule has 0 spiro atoms. The van der Waals surface area contributed by atoms with E-state index in [9.17, 15) is 9.59 Å². The second-order valence-corrected chi connectivity index (χ2v) is 6.57. The molecule has 1 aromatic rings. The minimum atomic E-state index is -0.317. The first kappa shape index (κ1) is 18.2. The summed E-state index contributed by atoms with van der Waals surface area (Å²) < 4.78 is 10.6. The molecule has 0 N–H and O–H groups in total. The van der Waals surface area contributed by atoms with Crippen LogP contribution in [0, 0.1) is 12.3 Å². The summed E-state index contributed by atoms with van der Waals surface area (Å²) in [5.74, 6) is 2.77. The molecule has 0 aliphatic carbocycles. The van der Waals surface area contributed by atoms with Crippen LogP contribution in [0.15, 0.2) is 17.0 Å². The lowest BCUT2D eigenvalue weighted by atomic mass is 10.1. The molecule has 7 heteroatoms. The third-order valence-corrected chi connectivity index (χ3v) is 4.35. The van der Waals surface area contributed by atoms with Crippen LogP contribution < -0.4 is 9.47 Å². The van der Waals surface area contributed by atoms with Crippen LogP contribution in [0.1, 0.15) is 19.4 Å². The van der Waals surface area contributed by atoms with Gasteiger partial charge in [0, 0.05) is 6.04 Å². The first-order valence-electron chi connectivity index (χ1n) is 7.10. The summed E-state index contributed by atoms with van der Waals surface area (Å²) >= 11 is 7.11. The number of amides is 2. The minimum Gasteiger partial charge on any atom is -0.493 e. The van der Waals surface area contributed by atoms with Crippen LogP contribution in [-0.4, -0.2) is 35.8 Å². The number of thioether (sulfide) groups is 1. The first-order valence-corrected chi connectivity index (χ1v) is 8.29. The van der Waals surface area contributed by atoms with Gasteiger partial charge in [0.15, 0.2) is 11.5 Å². The number of hydrogen-bond donors (Lipinski definition) is 0. The van der Waals surface area contributed by atoms with Gasteiger partial charge in [-0.1, -0.05) is 17.5 Å². The van der Waals surface area contributed by atoms with Crippen molar-refractivity contribution in [3.05, 3.63) is 27.6 Å². The zero-order valence-corrected chi connectivity index (χ0v) is 15.0. The van der Waals surface area contributed by atoms with Crippen molar-refractivity contribution >= 4 is 40.6 Å². The molecule has 0 aromatic heterocycles. The Kier molecular flexibility index (Phi) is 5.81. The average Bonchev–Trinajstić information content (AvgIpc) is 2.79. The van der Waals surface area contributed by atoms with Crippen molar-refractivity contribution in [1.29, 1.82) is 0 Å². The fourth-order valence-electron chi connectivity index (χ4n) is 2.15. The van der Waals surface area contributed by atoms with Crippen LogP contribution in [0.3, 0.4) is 0 Å². The number of imide groups is 1. The van der Waals surface area contributed by atoms with Gasteiger partial charge < -0.3 is 9.47 Å². The highest BCUT2D eigenvalue weighted by atomic mass is 35.5. The number of benzene rings is 1. The lowest BCUT2D eigenvalue weighted by molar-refractivity contribution is -0.123. The Morgan fingerprint density at radius 2 is 2.12 bits per heavy atom. The second-order valence-electron chi connectivity index (χ2n) is 5.17. The summed E-state index contributed by atoms with van der Waals surface area (Å²) in [6.45, 7) is 3.64. The van der Waals surface area contributed by atoms with E-state index in [4.69, 9.17) is 27.5 Å². The lowest BCUT2D eigenvalue weighted by Crippen LogP contribution is -2.34. The number of carbonyl (C=O) groups excluding carboxylic acids is 2. The molecule has 126 valence electrons. The van der Waals surface area contributed by atoms with E-state index >= 15 is 0 Å². The van der Waals surface area contributed by atoms with E-state index in [2.05, 4.69) is 5.92 Å². The molecular weight excluding hydrogens is 350 g/mol. The third kappa shape index (κ3) is 3.69. The number of nitrogens with zero attached hydrogens (tertiary/aromatic N) is 1. The van der Waals surface area contributed by atoms with Gasteiger partial charge in [0.05, 0.1) is 17.0 Å². The van der Waals surface area contributed by atoms with Crippen molar-refractivity contribution in [2.24, 2.45) is 0 Å². The van der Waals surface area contributed by atoms with E-state index in [1.807, 2.05) is 0 Å². The predicted octanol–water partition coefficient (Wildman–Crippen LogP) is 3.81. The smallest absolute Gasteiger partial charge is 0.293 e. The molecule has 2 rings (SSSR count). The van der Waals surface area contributed by atoms with E-state index in [0.717, 1.165) is 11.8 Å². The Morgan fingerprint density at radius 3 is 2.67 bits per heavy atom. The second kappa shape index (κ2) is 7.65. The SMILES string of the molecule is C#CCOc1c(Cl)cc(/C=C2\SC(=O)N(C(C)C)C2=O)cc1OC. The molecule has 5 nitrogen and oxygen atoms in total. The molecule has 0 atom stereocenters. The van der Waals surface area contributed by atoms with E-state index < -0.39 is 0 Å². The van der Waals surface area contributed by atoms with Gasteiger partial charge in [-0.15, -0.1) is 6.42 Å². The molecule has 1 fully saturated rings. The quantitative estimate of drug-likeness (QED) is 0.586. The Balaban J connectivity index is 2.37. The van der Waals surface area contributed by atoms with Crippen LogP contribution >= 0.6 is 23.4 Å². The molecule has 1 heterocycles. The fraction of sp³-hybridized carbons (Fsp3) is 0.294. The van der Waals surface area contributed by atoms with Crippen molar-refractivity contribution < 1.29 is 19.1 Å². The number of hydrogen-bond acceptors (Lipinski definition) is 5. The standard InChI is InChI=1S/C17H16ClNO4S/c1-5-6-23-15-12(18)7-11(8-13(15)22-4)9-14-16(20)19(10(2)3)17(21)24-14/h1,7-10H,6H2,2-4H3/b14-9-. The van der Waals surface area contributed by atoms with Gasteiger partial charge in [0.2, 0.25) is 0 Å². The van der Waals surface area contributed by atoms with Crippen LogP contribution in [0.2, 0.25) is 5.02 Å². The molecular formula is C17H16ClNO4S. The lowest BCUT2D eigenvalue weighted by Gasteiger charge is -2.16. The molecule has 0 radical (unpaired) electrons. The van der Waals surface area contributed by atoms with E-state index in [-0.39, 0.29) is 23.8 Å². The van der Waals surface area contributed by atoms with Crippen molar-refractivity contribution in [2.45, 2.75) is 19.9 Å². The number of methoxy groups -OCH3 is 1. The largest absolute Gasteiger partial charge is 0.493 e. The predicted molar refractivity (Wildman–Crippen MR) is 95.3 cm³/mol. The first-order chi connectivity index (χ1) is 11.4. The number of halogens is 1. The summed E-state index contributed by atoms with van der Waals surface area (Å²) in [5, 5.41) is 0.0206. The maximum absolute atomic E-state index is 12.3. The Morgan fingerprint density at radius 1 is 1.42 bits per heavy atom. The number of terminal acetylenes is 1. The molecule has 24 heavy (non-hydrogen) atoms. The van der Waals surface area contributed by atoms with Crippen LogP contribution in [0.25, 0.3) is 6.08 Å². The molecule has 2 amide bonds. The van der Waals surface area contributed by atoms with Gasteiger partial charge >= 0.3 is 0 Å². The zero-order chi connectivity index (χ0) is 17.9. The summed E-state index contributed by atoms with van der Waals surface area (Å²) in [5.41, 5.74) is 0.624. The van der Waals surface area contributed by atoms with Gasteiger partial charge in [0.1, 0.15) is 6.61 Å². The Bertz CT molecular complexity index is 752. The number of carbonyl (C=O) groups is 2. The topological polar surface area (TPSA) is 55.8 Å². The van der Waals surface area contributed by atoms with Crippen molar-refractivity contribution in [3.63, 3.8) is 0 Å². The molecule has 1 aliphatic rings. The molecule has 1 saturated heterocycles. The average molecular weight is 366 g/mol. The van der Waals surface area contributed by atoms with E-state index in [1.165, 1.54) is 12.0 Å². The zero-order valence-electron chi connectivity index (χ0n) is 13.5. The normalized spacial score (nSPS) is 16.0. The molecule has 0 bridgehead atoms.